The molecule has 0 aliphatic heterocycles. The van der Waals surface area contributed by atoms with Crippen molar-refractivity contribution in [3.8, 4) is 6.07 Å². The van der Waals surface area contributed by atoms with E-state index < -0.39 is 18.6 Å². The lowest BCUT2D eigenvalue weighted by atomic mass is 10.2. The van der Waals surface area contributed by atoms with Crippen LogP contribution >= 0.6 is 0 Å². The number of nitrogens with one attached hydrogen (secondary N) is 1. The summed E-state index contributed by atoms with van der Waals surface area (Å²) in [4.78, 5) is 11.3. The maximum absolute atomic E-state index is 11.3. The first-order chi connectivity index (χ1) is 8.04. The van der Waals surface area contributed by atoms with Crippen LogP contribution in [0.25, 0.3) is 0 Å². The van der Waals surface area contributed by atoms with Gasteiger partial charge in [-0.25, -0.2) is 4.79 Å². The Balaban J connectivity index is 3.02. The lowest BCUT2D eigenvalue weighted by Gasteiger charge is -2.15. The summed E-state index contributed by atoms with van der Waals surface area (Å²) in [5.41, 5.74) is 0.897. The summed E-state index contributed by atoms with van der Waals surface area (Å²) in [6.45, 7) is 1.26. The first-order valence-electron chi connectivity index (χ1n) is 4.94. The number of nitriles is 1. The van der Waals surface area contributed by atoms with E-state index in [1.807, 2.05) is 6.07 Å². The van der Waals surface area contributed by atoms with Crippen LogP contribution in [-0.4, -0.2) is 40.6 Å². The fraction of sp³-hybridized carbons (Fsp3) is 0.500. The average Bonchev–Trinajstić information content (AvgIpc) is 2.59. The lowest BCUT2D eigenvalue weighted by molar-refractivity contribution is -0.142. The topological polar surface area (TPSA) is 100 Å². The van der Waals surface area contributed by atoms with Gasteiger partial charge in [0.1, 0.15) is 23.5 Å². The summed E-state index contributed by atoms with van der Waals surface area (Å²) >= 11 is 0. The number of rotatable bonds is 4. The third-order valence-corrected chi connectivity index (χ3v) is 2.31. The highest BCUT2D eigenvalue weighted by Gasteiger charge is 2.22. The van der Waals surface area contributed by atoms with Gasteiger partial charge in [-0.15, -0.1) is 0 Å². The number of ether oxygens (including phenoxy) is 1. The van der Waals surface area contributed by atoms with Gasteiger partial charge >= 0.3 is 5.97 Å². The summed E-state index contributed by atoms with van der Waals surface area (Å²) in [5, 5.41) is 24.8. The van der Waals surface area contributed by atoms with Crippen LogP contribution in [0.15, 0.2) is 0 Å². The molecule has 1 rings (SSSR count). The first kappa shape index (κ1) is 13.0. The van der Waals surface area contributed by atoms with E-state index in [0.29, 0.717) is 17.1 Å². The van der Waals surface area contributed by atoms with E-state index in [4.69, 9.17) is 10.4 Å². The molecular formula is C10H14N4O3. The molecule has 2 N–H and O–H groups in total. The van der Waals surface area contributed by atoms with Crippen LogP contribution in [0.4, 0.5) is 5.82 Å². The van der Waals surface area contributed by atoms with Crippen LogP contribution < -0.4 is 5.32 Å². The van der Waals surface area contributed by atoms with E-state index in [-0.39, 0.29) is 0 Å². The van der Waals surface area contributed by atoms with Crippen LogP contribution in [0.1, 0.15) is 11.3 Å². The molecule has 0 amide bonds. The SMILES string of the molecule is COC(=O)C(CO)Nc1c(C#N)c(C)nn1C. The highest BCUT2D eigenvalue weighted by Crippen LogP contribution is 2.18. The first-order valence-corrected chi connectivity index (χ1v) is 4.94. The number of carbonyl (C=O) groups excluding carboxylic acids is 1. The van der Waals surface area contributed by atoms with Gasteiger partial charge in [-0.2, -0.15) is 10.4 Å². The molecule has 17 heavy (non-hydrogen) atoms. The van der Waals surface area contributed by atoms with Gasteiger partial charge in [0, 0.05) is 7.05 Å². The third kappa shape index (κ3) is 2.54. The second-order valence-corrected chi connectivity index (χ2v) is 3.45. The van der Waals surface area contributed by atoms with Crippen LogP contribution in [0.2, 0.25) is 0 Å². The summed E-state index contributed by atoms with van der Waals surface area (Å²) in [7, 11) is 2.87. The van der Waals surface area contributed by atoms with Crippen molar-refractivity contribution < 1.29 is 14.6 Å². The zero-order valence-corrected chi connectivity index (χ0v) is 9.89. The molecule has 0 aromatic carbocycles. The monoisotopic (exact) mass is 238 g/mol. The fourth-order valence-electron chi connectivity index (χ4n) is 1.44. The fourth-order valence-corrected chi connectivity index (χ4v) is 1.44. The molecule has 0 radical (unpaired) electrons. The van der Waals surface area contributed by atoms with Crippen molar-refractivity contribution in [2.45, 2.75) is 13.0 Å². The molecule has 0 saturated heterocycles. The highest BCUT2D eigenvalue weighted by atomic mass is 16.5. The summed E-state index contributed by atoms with van der Waals surface area (Å²) in [6.07, 6.45) is 0. The minimum atomic E-state index is -0.915. The van der Waals surface area contributed by atoms with Gasteiger partial charge in [0.05, 0.1) is 19.4 Å². The van der Waals surface area contributed by atoms with Crippen molar-refractivity contribution >= 4 is 11.8 Å². The molecule has 1 unspecified atom stereocenters. The number of aliphatic hydroxyl groups is 1. The highest BCUT2D eigenvalue weighted by molar-refractivity contribution is 5.79. The second-order valence-electron chi connectivity index (χ2n) is 3.45. The van der Waals surface area contributed by atoms with Crippen molar-refractivity contribution in [1.29, 1.82) is 5.26 Å². The van der Waals surface area contributed by atoms with Crippen molar-refractivity contribution in [2.75, 3.05) is 19.0 Å². The average molecular weight is 238 g/mol. The van der Waals surface area contributed by atoms with Crippen molar-refractivity contribution in [3.63, 3.8) is 0 Å². The number of carbonyl (C=O) groups is 1. The Morgan fingerprint density at radius 1 is 1.76 bits per heavy atom. The van der Waals surface area contributed by atoms with Crippen LogP contribution in [-0.2, 0) is 16.6 Å². The third-order valence-electron chi connectivity index (χ3n) is 2.31. The van der Waals surface area contributed by atoms with Crippen molar-refractivity contribution in [1.82, 2.24) is 9.78 Å². The van der Waals surface area contributed by atoms with Gasteiger partial charge in [0.2, 0.25) is 0 Å². The Hall–Kier alpha value is -2.07. The van der Waals surface area contributed by atoms with Crippen molar-refractivity contribution in [3.05, 3.63) is 11.3 Å². The number of nitrogens with zero attached hydrogens (tertiary/aromatic N) is 3. The molecule has 1 aromatic heterocycles. The van der Waals surface area contributed by atoms with Gasteiger partial charge in [0.15, 0.2) is 0 Å². The Kier molecular flexibility index (Phi) is 4.06. The van der Waals surface area contributed by atoms with E-state index in [9.17, 15) is 4.79 Å². The van der Waals surface area contributed by atoms with E-state index in [0.717, 1.165) is 0 Å². The molecule has 0 fully saturated rings. The van der Waals surface area contributed by atoms with E-state index in [1.54, 1.807) is 14.0 Å². The van der Waals surface area contributed by atoms with Gasteiger partial charge in [-0.1, -0.05) is 0 Å². The Bertz CT molecular complexity index is 461. The van der Waals surface area contributed by atoms with E-state index in [2.05, 4.69) is 15.2 Å². The predicted molar refractivity (Wildman–Crippen MR) is 59.2 cm³/mol. The van der Waals surface area contributed by atoms with Gasteiger partial charge < -0.3 is 15.2 Å². The molecule has 92 valence electrons. The molecule has 1 heterocycles. The molecule has 1 atom stereocenters. The Morgan fingerprint density at radius 3 is 2.88 bits per heavy atom. The van der Waals surface area contributed by atoms with Gasteiger partial charge in [0.25, 0.3) is 0 Å². The molecule has 0 spiro atoms. The van der Waals surface area contributed by atoms with Gasteiger partial charge in [-0.05, 0) is 6.92 Å². The molecule has 0 aliphatic rings. The molecule has 1 aromatic rings. The Morgan fingerprint density at radius 2 is 2.41 bits per heavy atom. The minimum absolute atomic E-state index is 0.342. The van der Waals surface area contributed by atoms with Gasteiger partial charge in [-0.3, -0.25) is 4.68 Å². The van der Waals surface area contributed by atoms with E-state index in [1.165, 1.54) is 11.8 Å². The summed E-state index contributed by atoms with van der Waals surface area (Å²) in [5.74, 6) is -0.218. The second kappa shape index (κ2) is 5.32. The number of anilines is 1. The maximum Gasteiger partial charge on any atom is 0.330 e. The lowest BCUT2D eigenvalue weighted by Crippen LogP contribution is -2.35. The number of aryl methyl sites for hydroxylation is 2. The maximum atomic E-state index is 11.3. The molecule has 7 heteroatoms. The summed E-state index contributed by atoms with van der Waals surface area (Å²) < 4.78 is 5.97. The molecule has 0 saturated carbocycles. The van der Waals surface area contributed by atoms with Crippen molar-refractivity contribution in [2.24, 2.45) is 7.05 Å². The number of hydrogen-bond donors (Lipinski definition) is 2. The Labute approximate surface area is 98.6 Å². The zero-order valence-electron chi connectivity index (χ0n) is 9.89. The molecule has 0 aliphatic carbocycles. The molecule has 0 bridgehead atoms. The number of aromatic nitrogens is 2. The normalized spacial score (nSPS) is 11.7. The minimum Gasteiger partial charge on any atom is -0.467 e. The molecule has 7 nitrogen and oxygen atoms in total. The van der Waals surface area contributed by atoms with Crippen LogP contribution in [0.3, 0.4) is 0 Å². The van der Waals surface area contributed by atoms with E-state index >= 15 is 0 Å². The van der Waals surface area contributed by atoms with Crippen LogP contribution in [0, 0.1) is 18.3 Å². The number of methoxy groups -OCH3 is 1. The summed E-state index contributed by atoms with van der Waals surface area (Å²) in [6, 6.07) is 1.08. The largest absolute Gasteiger partial charge is 0.467 e. The standard InChI is InChI=1S/C10H14N4O3/c1-6-7(4-11)9(14(2)13-6)12-8(5-15)10(16)17-3/h8,12,15H,5H2,1-3H3. The predicted octanol–water partition coefficient (Wildman–Crippen LogP) is -0.454. The zero-order chi connectivity index (χ0) is 13.0. The number of aliphatic hydroxyl groups excluding tert-OH is 1. The number of esters is 1. The smallest absolute Gasteiger partial charge is 0.330 e. The van der Waals surface area contributed by atoms with Crippen LogP contribution in [0.5, 0.6) is 0 Å². The quantitative estimate of drug-likeness (QED) is 0.689. The molecular weight excluding hydrogens is 224 g/mol. The number of hydrogen-bond acceptors (Lipinski definition) is 6.